The molecule has 4 heteroatoms. The lowest BCUT2D eigenvalue weighted by atomic mass is 9.70. The number of amides is 1. The number of carbonyl (C=O) groups is 2. The number of hydrogen-bond donors (Lipinski definition) is 2. The molecule has 0 aliphatic heterocycles. The van der Waals surface area contributed by atoms with Crippen LogP contribution in [0.25, 0.3) is 0 Å². The van der Waals surface area contributed by atoms with Crippen LogP contribution in [0.2, 0.25) is 0 Å². The summed E-state index contributed by atoms with van der Waals surface area (Å²) in [5.41, 5.74) is 1.55. The molecule has 4 nitrogen and oxygen atoms in total. The maximum absolute atomic E-state index is 12.8. The van der Waals surface area contributed by atoms with E-state index in [1.54, 1.807) is 6.08 Å². The van der Waals surface area contributed by atoms with Crippen molar-refractivity contribution < 1.29 is 14.7 Å². The number of aliphatic carboxylic acids is 1. The minimum atomic E-state index is -0.997. The average molecular weight is 301 g/mol. The zero-order valence-corrected chi connectivity index (χ0v) is 13.0. The van der Waals surface area contributed by atoms with Gasteiger partial charge in [0.1, 0.15) is 6.04 Å². The van der Waals surface area contributed by atoms with Gasteiger partial charge in [0.25, 0.3) is 0 Å². The highest BCUT2D eigenvalue weighted by molar-refractivity contribution is 5.91. The Labute approximate surface area is 131 Å². The topological polar surface area (TPSA) is 66.4 Å². The van der Waals surface area contributed by atoms with E-state index in [1.807, 2.05) is 31.2 Å². The van der Waals surface area contributed by atoms with Crippen molar-refractivity contribution >= 4 is 11.9 Å². The van der Waals surface area contributed by atoms with Gasteiger partial charge < -0.3 is 10.4 Å². The summed E-state index contributed by atoms with van der Waals surface area (Å²) < 4.78 is 0. The molecule has 1 amide bonds. The van der Waals surface area contributed by atoms with Crippen LogP contribution in [0.1, 0.15) is 43.7 Å². The first-order valence-corrected chi connectivity index (χ1v) is 7.72. The summed E-state index contributed by atoms with van der Waals surface area (Å²) >= 11 is 0. The molecule has 0 saturated carbocycles. The number of carboxylic acids is 1. The zero-order valence-electron chi connectivity index (χ0n) is 13.0. The summed E-state index contributed by atoms with van der Waals surface area (Å²) in [5.74, 6) is -1.20. The highest BCUT2D eigenvalue weighted by Gasteiger charge is 2.40. The van der Waals surface area contributed by atoms with E-state index in [9.17, 15) is 14.7 Å². The minimum Gasteiger partial charge on any atom is -0.480 e. The monoisotopic (exact) mass is 301 g/mol. The van der Waals surface area contributed by atoms with Gasteiger partial charge in [0.05, 0.1) is 5.41 Å². The maximum Gasteiger partial charge on any atom is 0.326 e. The largest absolute Gasteiger partial charge is 0.480 e. The normalized spacial score (nSPS) is 21.5. The smallest absolute Gasteiger partial charge is 0.326 e. The Kier molecular flexibility index (Phi) is 5.01. The molecule has 1 aliphatic rings. The lowest BCUT2D eigenvalue weighted by molar-refractivity contribution is -0.143. The third-order valence-corrected chi connectivity index (χ3v) is 4.50. The second-order valence-corrected chi connectivity index (χ2v) is 6.07. The van der Waals surface area contributed by atoms with Crippen LogP contribution in [-0.2, 0) is 21.4 Å². The van der Waals surface area contributed by atoms with E-state index in [0.717, 1.165) is 24.8 Å². The second kappa shape index (κ2) is 6.77. The number of benzene rings is 1. The van der Waals surface area contributed by atoms with Gasteiger partial charge in [0, 0.05) is 0 Å². The van der Waals surface area contributed by atoms with Gasteiger partial charge in [0.15, 0.2) is 0 Å². The van der Waals surface area contributed by atoms with Gasteiger partial charge >= 0.3 is 5.97 Å². The standard InChI is InChI=1S/C18H23NO3/c1-3-4-11-15(16(20)21)19-17(22)18(2)12-7-9-13-8-5-6-10-14(13)18/h3,5-6,8,10,15H,1,4,7,9,11-12H2,2H3,(H,19,22)(H,20,21). The molecule has 2 rings (SSSR count). The number of aryl methyl sites for hydroxylation is 1. The van der Waals surface area contributed by atoms with Gasteiger partial charge in [-0.15, -0.1) is 6.58 Å². The van der Waals surface area contributed by atoms with E-state index in [-0.39, 0.29) is 5.91 Å². The summed E-state index contributed by atoms with van der Waals surface area (Å²) in [7, 11) is 0. The van der Waals surface area contributed by atoms with Crippen molar-refractivity contribution in [1.82, 2.24) is 5.32 Å². The summed E-state index contributed by atoms with van der Waals surface area (Å²) in [6, 6.07) is 7.07. The Morgan fingerprint density at radius 1 is 1.45 bits per heavy atom. The maximum atomic E-state index is 12.8. The van der Waals surface area contributed by atoms with E-state index in [2.05, 4.69) is 11.9 Å². The van der Waals surface area contributed by atoms with Crippen molar-refractivity contribution in [3.63, 3.8) is 0 Å². The van der Waals surface area contributed by atoms with E-state index >= 15 is 0 Å². The fourth-order valence-electron chi connectivity index (χ4n) is 3.14. The van der Waals surface area contributed by atoms with E-state index < -0.39 is 17.4 Å². The third-order valence-electron chi connectivity index (χ3n) is 4.50. The molecule has 0 fully saturated rings. The Bertz CT molecular complexity index is 581. The fraction of sp³-hybridized carbons (Fsp3) is 0.444. The van der Waals surface area contributed by atoms with Gasteiger partial charge in [-0.25, -0.2) is 4.79 Å². The summed E-state index contributed by atoms with van der Waals surface area (Å²) in [6.45, 7) is 5.51. The Morgan fingerprint density at radius 2 is 2.18 bits per heavy atom. The predicted octanol–water partition coefficient (Wildman–Crippen LogP) is 2.82. The van der Waals surface area contributed by atoms with Gasteiger partial charge in [-0.1, -0.05) is 30.3 Å². The molecule has 0 heterocycles. The quantitative estimate of drug-likeness (QED) is 0.794. The van der Waals surface area contributed by atoms with E-state index in [1.165, 1.54) is 5.56 Å². The van der Waals surface area contributed by atoms with Crippen molar-refractivity contribution in [1.29, 1.82) is 0 Å². The first-order chi connectivity index (χ1) is 10.5. The van der Waals surface area contributed by atoms with Crippen molar-refractivity contribution in [2.45, 2.75) is 50.5 Å². The van der Waals surface area contributed by atoms with Crippen LogP contribution in [0.5, 0.6) is 0 Å². The highest BCUT2D eigenvalue weighted by Crippen LogP contribution is 2.37. The molecule has 118 valence electrons. The molecule has 2 unspecified atom stereocenters. The number of fused-ring (bicyclic) bond motifs is 1. The van der Waals surface area contributed by atoms with Crippen molar-refractivity contribution in [2.24, 2.45) is 0 Å². The van der Waals surface area contributed by atoms with Gasteiger partial charge in [0.2, 0.25) is 5.91 Å². The van der Waals surface area contributed by atoms with Crippen LogP contribution in [0.3, 0.4) is 0 Å². The molecule has 1 aromatic rings. The van der Waals surface area contributed by atoms with Crippen LogP contribution in [0, 0.1) is 0 Å². The van der Waals surface area contributed by atoms with Crippen molar-refractivity contribution in [3.8, 4) is 0 Å². The number of carbonyl (C=O) groups excluding carboxylic acids is 1. The molecule has 0 radical (unpaired) electrons. The minimum absolute atomic E-state index is 0.198. The molecule has 0 spiro atoms. The van der Waals surface area contributed by atoms with Crippen LogP contribution in [0.15, 0.2) is 36.9 Å². The Hall–Kier alpha value is -2.10. The van der Waals surface area contributed by atoms with Crippen LogP contribution >= 0.6 is 0 Å². The van der Waals surface area contributed by atoms with Crippen LogP contribution < -0.4 is 5.32 Å². The number of carboxylic acid groups (broad SMARTS) is 1. The Balaban J connectivity index is 2.21. The SMILES string of the molecule is C=CCCC(NC(=O)C1(C)CCCc2ccccc21)C(=O)O. The predicted molar refractivity (Wildman–Crippen MR) is 85.7 cm³/mol. The molecular formula is C18H23NO3. The molecule has 2 atom stereocenters. The summed E-state index contributed by atoms with van der Waals surface area (Å²) in [4.78, 5) is 24.1. The van der Waals surface area contributed by atoms with Crippen LogP contribution in [0.4, 0.5) is 0 Å². The van der Waals surface area contributed by atoms with Gasteiger partial charge in [-0.05, 0) is 50.2 Å². The average Bonchev–Trinajstić information content (AvgIpc) is 2.51. The summed E-state index contributed by atoms with van der Waals surface area (Å²) in [6.07, 6.45) is 5.24. The number of allylic oxidation sites excluding steroid dienone is 1. The molecule has 2 N–H and O–H groups in total. The lowest BCUT2D eigenvalue weighted by Crippen LogP contribution is -2.50. The number of rotatable bonds is 6. The molecule has 22 heavy (non-hydrogen) atoms. The van der Waals surface area contributed by atoms with Gasteiger partial charge in [-0.2, -0.15) is 0 Å². The Morgan fingerprint density at radius 3 is 2.86 bits per heavy atom. The fourth-order valence-corrected chi connectivity index (χ4v) is 3.14. The molecule has 1 aliphatic carbocycles. The first kappa shape index (κ1) is 16.3. The van der Waals surface area contributed by atoms with E-state index in [4.69, 9.17) is 0 Å². The summed E-state index contributed by atoms with van der Waals surface area (Å²) in [5, 5.41) is 12.0. The van der Waals surface area contributed by atoms with Crippen molar-refractivity contribution in [2.75, 3.05) is 0 Å². The second-order valence-electron chi connectivity index (χ2n) is 6.07. The zero-order chi connectivity index (χ0) is 16.2. The first-order valence-electron chi connectivity index (χ1n) is 7.72. The molecule has 0 bridgehead atoms. The third kappa shape index (κ3) is 3.21. The number of nitrogens with one attached hydrogen (secondary N) is 1. The molecule has 0 saturated heterocycles. The molecular weight excluding hydrogens is 278 g/mol. The number of hydrogen-bond acceptors (Lipinski definition) is 2. The lowest BCUT2D eigenvalue weighted by Gasteiger charge is -2.35. The highest BCUT2D eigenvalue weighted by atomic mass is 16.4. The molecule has 1 aromatic carbocycles. The van der Waals surface area contributed by atoms with Crippen LogP contribution in [-0.4, -0.2) is 23.0 Å². The van der Waals surface area contributed by atoms with Gasteiger partial charge in [-0.3, -0.25) is 4.79 Å². The molecule has 0 aromatic heterocycles. The van der Waals surface area contributed by atoms with Crippen molar-refractivity contribution in [3.05, 3.63) is 48.0 Å². The van der Waals surface area contributed by atoms with E-state index in [0.29, 0.717) is 12.8 Å².